The largest absolute Gasteiger partial charge is 0.477 e. The van der Waals surface area contributed by atoms with Crippen LogP contribution in [0.4, 0.5) is 9.59 Å². The number of rotatable bonds is 8. The van der Waals surface area contributed by atoms with Crippen LogP contribution in [0.5, 0.6) is 0 Å². The van der Waals surface area contributed by atoms with E-state index < -0.39 is 60.7 Å². The minimum absolute atomic E-state index is 0.190. The van der Waals surface area contributed by atoms with E-state index in [4.69, 9.17) is 20.3 Å². The normalized spacial score (nSPS) is 23.6. The molecule has 0 aromatic heterocycles. The summed E-state index contributed by atoms with van der Waals surface area (Å²) in [4.78, 5) is 36.9. The fraction of sp³-hybridized carbons (Fsp3) is 0.722. The molecule has 0 fully saturated rings. The number of nitrogens with zero attached hydrogens (tertiary/aromatic N) is 1. The Morgan fingerprint density at radius 3 is 2.17 bits per heavy atom. The van der Waals surface area contributed by atoms with Crippen molar-refractivity contribution >= 4 is 18.2 Å². The molecule has 1 rings (SSSR count). The smallest absolute Gasteiger partial charge is 0.410 e. The van der Waals surface area contributed by atoms with E-state index in [2.05, 4.69) is 5.32 Å². The van der Waals surface area contributed by atoms with Crippen molar-refractivity contribution in [3.8, 4) is 0 Å². The van der Waals surface area contributed by atoms with Gasteiger partial charge in [0.2, 0.25) is 5.76 Å². The van der Waals surface area contributed by atoms with Gasteiger partial charge in [-0.2, -0.15) is 0 Å². The summed E-state index contributed by atoms with van der Waals surface area (Å²) in [6, 6.07) is -2.53. The zero-order valence-corrected chi connectivity index (χ0v) is 17.2. The molecule has 11 heteroatoms. The minimum atomic E-state index is -1.40. The first-order valence-electron chi connectivity index (χ1n) is 9.37. The Kier molecular flexibility index (Phi) is 8.71. The van der Waals surface area contributed by atoms with Gasteiger partial charge in [0.15, 0.2) is 6.10 Å². The highest BCUT2D eigenvalue weighted by Gasteiger charge is 2.45. The standard InChI is InChI=1S/C18H31N3O8/c1-8(2)21(9(3)4)18(27)29-14(10(5)7-22)15-13(20-17(25)26)11(19)6-12(28-15)16(23)24/h6,8-11,13-15,20,22H,7,19H2,1-5H3,(H,23,24)(H,25,26)/t10-,11+,13-,14-,15-/m1/s1. The van der Waals surface area contributed by atoms with Crippen molar-refractivity contribution < 1.29 is 39.2 Å². The van der Waals surface area contributed by atoms with Gasteiger partial charge in [-0.1, -0.05) is 6.92 Å². The van der Waals surface area contributed by atoms with Gasteiger partial charge in [0.1, 0.15) is 6.10 Å². The molecule has 0 saturated carbocycles. The molecule has 166 valence electrons. The number of nitrogens with two attached hydrogens (primary N) is 1. The van der Waals surface area contributed by atoms with Gasteiger partial charge in [-0.25, -0.2) is 14.4 Å². The monoisotopic (exact) mass is 417 g/mol. The van der Waals surface area contributed by atoms with Gasteiger partial charge in [0.25, 0.3) is 0 Å². The molecule has 0 aromatic rings. The second-order valence-electron chi connectivity index (χ2n) is 7.57. The number of nitrogens with one attached hydrogen (secondary N) is 1. The Hall–Kier alpha value is -2.53. The van der Waals surface area contributed by atoms with Gasteiger partial charge in [-0.3, -0.25) is 0 Å². The first-order valence-corrected chi connectivity index (χ1v) is 9.37. The van der Waals surface area contributed by atoms with Crippen molar-refractivity contribution in [2.75, 3.05) is 6.61 Å². The van der Waals surface area contributed by atoms with Crippen LogP contribution < -0.4 is 11.1 Å². The number of aliphatic hydroxyl groups excluding tert-OH is 1. The molecule has 1 aliphatic rings. The summed E-state index contributed by atoms with van der Waals surface area (Å²) in [5.41, 5.74) is 5.95. The Balaban J connectivity index is 3.30. The highest BCUT2D eigenvalue weighted by Crippen LogP contribution is 2.27. The summed E-state index contributed by atoms with van der Waals surface area (Å²) in [6.45, 7) is 8.37. The SMILES string of the molecule is CC(C)N(C(=O)O[C@@H]([C@@H]1OC(C(=O)O)=C[C@H](N)[C@H]1NC(=O)O)[C@H](C)CO)C(C)C. The van der Waals surface area contributed by atoms with Crippen LogP contribution in [0.2, 0.25) is 0 Å². The molecular formula is C18H31N3O8. The average molecular weight is 417 g/mol. The summed E-state index contributed by atoms with van der Waals surface area (Å²) in [6.07, 6.45) is -3.45. The molecule has 0 aliphatic carbocycles. The van der Waals surface area contributed by atoms with Crippen molar-refractivity contribution in [1.29, 1.82) is 0 Å². The van der Waals surface area contributed by atoms with Crippen LogP contribution in [-0.4, -0.2) is 81.4 Å². The van der Waals surface area contributed by atoms with Crippen LogP contribution in [0.15, 0.2) is 11.8 Å². The van der Waals surface area contributed by atoms with Crippen LogP contribution in [0.3, 0.4) is 0 Å². The number of carboxylic acid groups (broad SMARTS) is 2. The highest BCUT2D eigenvalue weighted by molar-refractivity contribution is 5.84. The number of amides is 2. The quantitative estimate of drug-likeness (QED) is 0.378. The lowest BCUT2D eigenvalue weighted by molar-refractivity contribution is -0.142. The lowest BCUT2D eigenvalue weighted by atomic mass is 9.89. The lowest BCUT2D eigenvalue weighted by Gasteiger charge is -2.41. The number of ether oxygens (including phenoxy) is 2. The molecule has 0 bridgehead atoms. The topological polar surface area (TPSA) is 172 Å². The molecule has 11 nitrogen and oxygen atoms in total. The van der Waals surface area contributed by atoms with Crippen LogP contribution in [-0.2, 0) is 14.3 Å². The van der Waals surface area contributed by atoms with Gasteiger partial charge in [0, 0.05) is 24.6 Å². The van der Waals surface area contributed by atoms with E-state index in [9.17, 15) is 24.6 Å². The van der Waals surface area contributed by atoms with Gasteiger partial charge >= 0.3 is 18.2 Å². The van der Waals surface area contributed by atoms with Crippen LogP contribution in [0.1, 0.15) is 34.6 Å². The summed E-state index contributed by atoms with van der Waals surface area (Å²) in [5, 5.41) is 30.3. The Bertz CT molecular complexity index is 629. The first-order chi connectivity index (χ1) is 13.4. The second kappa shape index (κ2) is 10.3. The molecule has 0 unspecified atom stereocenters. The maximum atomic E-state index is 12.8. The molecule has 0 radical (unpaired) electrons. The number of aliphatic hydroxyl groups is 1. The first kappa shape index (κ1) is 24.5. The predicted octanol–water partition coefficient (Wildman–Crippen LogP) is 0.570. The average Bonchev–Trinajstić information content (AvgIpc) is 2.59. The fourth-order valence-corrected chi connectivity index (χ4v) is 3.28. The van der Waals surface area contributed by atoms with Crippen molar-refractivity contribution in [3.05, 3.63) is 11.8 Å². The van der Waals surface area contributed by atoms with Crippen LogP contribution in [0.25, 0.3) is 0 Å². The molecule has 6 N–H and O–H groups in total. The minimum Gasteiger partial charge on any atom is -0.477 e. The maximum Gasteiger partial charge on any atom is 0.410 e. The Morgan fingerprint density at radius 2 is 1.76 bits per heavy atom. The fourth-order valence-electron chi connectivity index (χ4n) is 3.28. The highest BCUT2D eigenvalue weighted by atomic mass is 16.6. The number of hydrogen-bond acceptors (Lipinski definition) is 7. The van der Waals surface area contributed by atoms with Gasteiger partial charge in [-0.15, -0.1) is 0 Å². The number of carbonyl (C=O) groups is 3. The molecule has 1 heterocycles. The number of carbonyl (C=O) groups excluding carboxylic acids is 1. The predicted molar refractivity (Wildman–Crippen MR) is 102 cm³/mol. The van der Waals surface area contributed by atoms with Crippen molar-refractivity contribution in [3.63, 3.8) is 0 Å². The lowest BCUT2D eigenvalue weighted by Crippen LogP contribution is -2.62. The molecule has 29 heavy (non-hydrogen) atoms. The molecule has 0 aromatic carbocycles. The third-order valence-electron chi connectivity index (χ3n) is 4.61. The van der Waals surface area contributed by atoms with Crippen molar-refractivity contribution in [2.45, 2.75) is 71.0 Å². The molecular weight excluding hydrogens is 386 g/mol. The Morgan fingerprint density at radius 1 is 1.21 bits per heavy atom. The van der Waals surface area contributed by atoms with E-state index in [-0.39, 0.29) is 12.1 Å². The maximum absolute atomic E-state index is 12.8. The number of carboxylic acids is 1. The zero-order chi connectivity index (χ0) is 22.5. The van der Waals surface area contributed by atoms with Crippen LogP contribution >= 0.6 is 0 Å². The molecule has 1 aliphatic heterocycles. The molecule has 0 spiro atoms. The summed E-state index contributed by atoms with van der Waals surface area (Å²) >= 11 is 0. The summed E-state index contributed by atoms with van der Waals surface area (Å²) in [7, 11) is 0. The second-order valence-corrected chi connectivity index (χ2v) is 7.57. The molecule has 0 saturated heterocycles. The number of aliphatic carboxylic acids is 1. The zero-order valence-electron chi connectivity index (χ0n) is 17.2. The summed E-state index contributed by atoms with van der Waals surface area (Å²) in [5.74, 6) is -2.57. The molecule has 5 atom stereocenters. The van der Waals surface area contributed by atoms with Gasteiger partial charge in [0.05, 0.1) is 12.1 Å². The van der Waals surface area contributed by atoms with Crippen molar-refractivity contribution in [1.82, 2.24) is 10.2 Å². The Labute approximate surface area is 169 Å². The van der Waals surface area contributed by atoms with Gasteiger partial charge in [-0.05, 0) is 33.8 Å². The van der Waals surface area contributed by atoms with E-state index in [1.54, 1.807) is 34.6 Å². The van der Waals surface area contributed by atoms with E-state index in [0.29, 0.717) is 0 Å². The number of hydrogen-bond donors (Lipinski definition) is 5. The van der Waals surface area contributed by atoms with E-state index in [0.717, 1.165) is 6.08 Å². The third kappa shape index (κ3) is 6.23. The molecule has 2 amide bonds. The van der Waals surface area contributed by atoms with Gasteiger partial charge < -0.3 is 40.7 Å². The van der Waals surface area contributed by atoms with E-state index >= 15 is 0 Å². The van der Waals surface area contributed by atoms with E-state index in [1.165, 1.54) is 4.90 Å². The van der Waals surface area contributed by atoms with Crippen LogP contribution in [0, 0.1) is 5.92 Å². The summed E-state index contributed by atoms with van der Waals surface area (Å²) < 4.78 is 11.1. The van der Waals surface area contributed by atoms with E-state index in [1.807, 2.05) is 0 Å². The third-order valence-corrected chi connectivity index (χ3v) is 4.61. The van der Waals surface area contributed by atoms with Crippen molar-refractivity contribution in [2.24, 2.45) is 11.7 Å².